The molecule has 0 spiro atoms. The van der Waals surface area contributed by atoms with Gasteiger partial charge in [-0.1, -0.05) is 19.1 Å². The first-order valence-electron chi connectivity index (χ1n) is 7.12. The number of hydrogen-bond donors (Lipinski definition) is 2. The van der Waals surface area contributed by atoms with Crippen molar-refractivity contribution in [2.75, 3.05) is 13.1 Å². The van der Waals surface area contributed by atoms with Gasteiger partial charge in [0, 0.05) is 19.2 Å². The number of carboxylic acids is 1. The summed E-state index contributed by atoms with van der Waals surface area (Å²) in [6, 6.07) is 5.80. The van der Waals surface area contributed by atoms with E-state index >= 15 is 0 Å². The van der Waals surface area contributed by atoms with Crippen LogP contribution in [0.25, 0.3) is 6.08 Å². The van der Waals surface area contributed by atoms with Crippen LogP contribution >= 0.6 is 0 Å². The van der Waals surface area contributed by atoms with E-state index in [1.54, 1.807) is 23.1 Å². The maximum Gasteiger partial charge on any atom is 0.335 e. The molecule has 1 fully saturated rings. The summed E-state index contributed by atoms with van der Waals surface area (Å²) in [5, 5.41) is 11.6. The van der Waals surface area contributed by atoms with Gasteiger partial charge in [-0.2, -0.15) is 0 Å². The van der Waals surface area contributed by atoms with E-state index in [2.05, 4.69) is 5.32 Å². The Bertz CT molecular complexity index is 607. The lowest BCUT2D eigenvalue weighted by atomic mass is 10.1. The number of carboxylic acid groups (broad SMARTS) is 1. The molecule has 1 heterocycles. The molecule has 1 saturated heterocycles. The molecule has 1 aliphatic heterocycles. The Labute approximate surface area is 128 Å². The highest BCUT2D eigenvalue weighted by Crippen LogP contribution is 2.11. The molecule has 0 aliphatic carbocycles. The normalized spacial score (nSPS) is 18.3. The average Bonchev–Trinajstić information content (AvgIpc) is 2.52. The van der Waals surface area contributed by atoms with Crippen molar-refractivity contribution in [3.8, 4) is 0 Å². The van der Waals surface area contributed by atoms with E-state index < -0.39 is 12.0 Å². The van der Waals surface area contributed by atoms with Gasteiger partial charge >= 0.3 is 5.97 Å². The molecule has 116 valence electrons. The van der Waals surface area contributed by atoms with E-state index in [1.807, 2.05) is 6.92 Å². The topological polar surface area (TPSA) is 86.7 Å². The molecule has 1 atom stereocenters. The van der Waals surface area contributed by atoms with Crippen LogP contribution in [0.3, 0.4) is 0 Å². The Balaban J connectivity index is 2.06. The summed E-state index contributed by atoms with van der Waals surface area (Å²) >= 11 is 0. The predicted molar refractivity (Wildman–Crippen MR) is 81.2 cm³/mol. The molecule has 1 unspecified atom stereocenters. The van der Waals surface area contributed by atoms with Crippen LogP contribution in [0.4, 0.5) is 0 Å². The third kappa shape index (κ3) is 3.52. The lowest BCUT2D eigenvalue weighted by Gasteiger charge is -2.33. The Kier molecular flexibility index (Phi) is 4.93. The molecule has 0 aromatic heterocycles. The highest BCUT2D eigenvalue weighted by molar-refractivity contribution is 5.96. The smallest absolute Gasteiger partial charge is 0.335 e. The monoisotopic (exact) mass is 302 g/mol. The lowest BCUT2D eigenvalue weighted by Crippen LogP contribution is -2.56. The Morgan fingerprint density at radius 3 is 2.64 bits per heavy atom. The number of benzene rings is 1. The molecular formula is C16H18N2O4. The molecule has 22 heavy (non-hydrogen) atoms. The van der Waals surface area contributed by atoms with Gasteiger partial charge < -0.3 is 15.3 Å². The molecule has 1 aliphatic rings. The Morgan fingerprint density at radius 2 is 2.05 bits per heavy atom. The molecule has 1 aromatic rings. The average molecular weight is 302 g/mol. The van der Waals surface area contributed by atoms with Crippen molar-refractivity contribution >= 4 is 23.9 Å². The molecule has 6 heteroatoms. The van der Waals surface area contributed by atoms with Gasteiger partial charge in [0.1, 0.15) is 6.04 Å². The minimum atomic E-state index is -0.989. The predicted octanol–water partition coefficient (Wildman–Crippen LogP) is 1.13. The van der Waals surface area contributed by atoms with Crippen molar-refractivity contribution in [2.45, 2.75) is 19.4 Å². The SMILES string of the molecule is CCC1C(=O)NCCN1C(=O)C=Cc1ccc(C(=O)O)cc1. The van der Waals surface area contributed by atoms with Gasteiger partial charge in [-0.3, -0.25) is 9.59 Å². The van der Waals surface area contributed by atoms with E-state index in [1.165, 1.54) is 18.2 Å². The number of rotatable bonds is 4. The summed E-state index contributed by atoms with van der Waals surface area (Å²) in [6.07, 6.45) is 3.60. The zero-order valence-corrected chi connectivity index (χ0v) is 12.3. The fourth-order valence-electron chi connectivity index (χ4n) is 2.38. The molecule has 1 aromatic carbocycles. The van der Waals surface area contributed by atoms with Crippen LogP contribution < -0.4 is 5.32 Å². The van der Waals surface area contributed by atoms with Crippen LogP contribution in [-0.2, 0) is 9.59 Å². The standard InChI is InChI=1S/C16H18N2O4/c1-2-13-15(20)17-9-10-18(13)14(19)8-5-11-3-6-12(7-4-11)16(21)22/h3-8,13H,2,9-10H2,1H3,(H,17,20)(H,21,22). The first kappa shape index (κ1) is 15.8. The molecular weight excluding hydrogens is 284 g/mol. The highest BCUT2D eigenvalue weighted by Gasteiger charge is 2.30. The number of hydrogen-bond acceptors (Lipinski definition) is 3. The maximum absolute atomic E-state index is 12.2. The first-order chi connectivity index (χ1) is 10.5. The molecule has 0 saturated carbocycles. The van der Waals surface area contributed by atoms with Crippen molar-refractivity contribution in [3.05, 3.63) is 41.5 Å². The van der Waals surface area contributed by atoms with Crippen LogP contribution in [0.5, 0.6) is 0 Å². The van der Waals surface area contributed by atoms with Crippen LogP contribution in [0.1, 0.15) is 29.3 Å². The highest BCUT2D eigenvalue weighted by atomic mass is 16.4. The van der Waals surface area contributed by atoms with E-state index in [0.717, 1.165) is 5.56 Å². The number of carbonyl (C=O) groups is 3. The van der Waals surface area contributed by atoms with Crippen LogP contribution in [0.2, 0.25) is 0 Å². The van der Waals surface area contributed by atoms with Crippen LogP contribution in [0.15, 0.2) is 30.3 Å². The van der Waals surface area contributed by atoms with E-state index in [4.69, 9.17) is 5.11 Å². The summed E-state index contributed by atoms with van der Waals surface area (Å²) in [6.45, 7) is 2.82. The molecule has 2 amide bonds. The van der Waals surface area contributed by atoms with E-state index in [-0.39, 0.29) is 17.4 Å². The molecule has 0 bridgehead atoms. The molecule has 2 rings (SSSR count). The van der Waals surface area contributed by atoms with Gasteiger partial charge in [-0.05, 0) is 30.2 Å². The fourth-order valence-corrected chi connectivity index (χ4v) is 2.38. The van der Waals surface area contributed by atoms with Crippen molar-refractivity contribution in [1.29, 1.82) is 0 Å². The zero-order chi connectivity index (χ0) is 16.1. The third-order valence-electron chi connectivity index (χ3n) is 3.58. The van der Waals surface area contributed by atoms with Gasteiger partial charge in [-0.15, -0.1) is 0 Å². The molecule has 2 N–H and O–H groups in total. The number of aromatic carboxylic acids is 1. The quantitative estimate of drug-likeness (QED) is 0.816. The molecule has 6 nitrogen and oxygen atoms in total. The van der Waals surface area contributed by atoms with Crippen molar-refractivity contribution in [2.24, 2.45) is 0 Å². The van der Waals surface area contributed by atoms with Crippen molar-refractivity contribution in [1.82, 2.24) is 10.2 Å². The van der Waals surface area contributed by atoms with Crippen molar-refractivity contribution in [3.63, 3.8) is 0 Å². The number of nitrogens with zero attached hydrogens (tertiary/aromatic N) is 1. The van der Waals surface area contributed by atoms with E-state index in [0.29, 0.717) is 19.5 Å². The second kappa shape index (κ2) is 6.89. The summed E-state index contributed by atoms with van der Waals surface area (Å²) in [7, 11) is 0. The summed E-state index contributed by atoms with van der Waals surface area (Å²) < 4.78 is 0. The Morgan fingerprint density at radius 1 is 1.36 bits per heavy atom. The summed E-state index contributed by atoms with van der Waals surface area (Å²) in [5.41, 5.74) is 0.926. The lowest BCUT2D eigenvalue weighted by molar-refractivity contribution is -0.140. The van der Waals surface area contributed by atoms with Gasteiger partial charge in [0.25, 0.3) is 0 Å². The number of nitrogens with one attached hydrogen (secondary N) is 1. The minimum Gasteiger partial charge on any atom is -0.478 e. The largest absolute Gasteiger partial charge is 0.478 e. The maximum atomic E-state index is 12.2. The van der Waals surface area contributed by atoms with Crippen LogP contribution in [0, 0.1) is 0 Å². The zero-order valence-electron chi connectivity index (χ0n) is 12.3. The second-order valence-corrected chi connectivity index (χ2v) is 5.01. The second-order valence-electron chi connectivity index (χ2n) is 5.01. The minimum absolute atomic E-state index is 0.124. The number of carbonyl (C=O) groups excluding carboxylic acids is 2. The first-order valence-corrected chi connectivity index (χ1v) is 7.12. The van der Waals surface area contributed by atoms with Gasteiger partial charge in [0.15, 0.2) is 0 Å². The Hall–Kier alpha value is -2.63. The number of piperazine rings is 1. The van der Waals surface area contributed by atoms with Gasteiger partial charge in [-0.25, -0.2) is 4.79 Å². The summed E-state index contributed by atoms with van der Waals surface area (Å²) in [4.78, 5) is 36.3. The third-order valence-corrected chi connectivity index (χ3v) is 3.58. The number of amides is 2. The van der Waals surface area contributed by atoms with Gasteiger partial charge in [0.2, 0.25) is 11.8 Å². The van der Waals surface area contributed by atoms with Crippen molar-refractivity contribution < 1.29 is 19.5 Å². The van der Waals surface area contributed by atoms with Crippen LogP contribution in [-0.4, -0.2) is 46.9 Å². The summed E-state index contributed by atoms with van der Waals surface area (Å²) in [5.74, 6) is -1.33. The van der Waals surface area contributed by atoms with Gasteiger partial charge in [0.05, 0.1) is 5.56 Å². The van der Waals surface area contributed by atoms with E-state index in [9.17, 15) is 14.4 Å². The molecule has 0 radical (unpaired) electrons. The fraction of sp³-hybridized carbons (Fsp3) is 0.312.